The molecule has 0 aliphatic rings. The number of halogens is 1. The Hall–Kier alpha value is -1.81. The molecule has 0 saturated heterocycles. The third kappa shape index (κ3) is 4.08. The fraction of sp³-hybridized carbons (Fsp3) is 0.235. The second-order valence-electron chi connectivity index (χ2n) is 5.04. The van der Waals surface area contributed by atoms with Crippen molar-refractivity contribution in [3.63, 3.8) is 0 Å². The number of thioether (sulfide) groups is 1. The van der Waals surface area contributed by atoms with E-state index >= 15 is 0 Å². The van der Waals surface area contributed by atoms with Gasteiger partial charge in [-0.3, -0.25) is 4.79 Å². The molecule has 2 aromatic rings. The maximum absolute atomic E-state index is 13.5. The minimum atomic E-state index is -0.418. The molecule has 2 aromatic carbocycles. The highest BCUT2D eigenvalue weighted by Gasteiger charge is 2.10. The van der Waals surface area contributed by atoms with Gasteiger partial charge in [-0.05, 0) is 44.0 Å². The standard InChI is InChI=1S/C17H18FNOS/c1-11-8-12(2)17(13(3)9-11)21-10-16(20)19-15-7-5-4-6-14(15)18/h4-9H,10H2,1-3H3,(H,19,20). The average molecular weight is 303 g/mol. The summed E-state index contributed by atoms with van der Waals surface area (Å²) in [6.07, 6.45) is 0. The SMILES string of the molecule is Cc1cc(C)c(SCC(=O)Nc2ccccc2F)c(C)c1. The van der Waals surface area contributed by atoms with Crippen LogP contribution in [0.15, 0.2) is 41.3 Å². The van der Waals surface area contributed by atoms with Gasteiger partial charge in [0.1, 0.15) is 5.82 Å². The van der Waals surface area contributed by atoms with Crippen molar-refractivity contribution in [3.05, 3.63) is 58.9 Å². The zero-order chi connectivity index (χ0) is 15.4. The molecule has 0 saturated carbocycles. The van der Waals surface area contributed by atoms with Gasteiger partial charge in [-0.2, -0.15) is 0 Å². The lowest BCUT2D eigenvalue weighted by molar-refractivity contribution is -0.113. The Kier molecular flexibility index (Phi) is 5.02. The van der Waals surface area contributed by atoms with Gasteiger partial charge < -0.3 is 5.32 Å². The van der Waals surface area contributed by atoms with E-state index in [9.17, 15) is 9.18 Å². The summed E-state index contributed by atoms with van der Waals surface area (Å²) in [5.41, 5.74) is 3.76. The summed E-state index contributed by atoms with van der Waals surface area (Å²) < 4.78 is 13.5. The molecule has 2 rings (SSSR count). The third-order valence-electron chi connectivity index (χ3n) is 3.10. The van der Waals surface area contributed by atoms with Gasteiger partial charge >= 0.3 is 0 Å². The lowest BCUT2D eigenvalue weighted by Gasteiger charge is -2.11. The number of aryl methyl sites for hydroxylation is 3. The van der Waals surface area contributed by atoms with E-state index in [1.807, 2.05) is 13.8 Å². The largest absolute Gasteiger partial charge is 0.323 e. The molecule has 4 heteroatoms. The maximum Gasteiger partial charge on any atom is 0.234 e. The summed E-state index contributed by atoms with van der Waals surface area (Å²) >= 11 is 1.48. The summed E-state index contributed by atoms with van der Waals surface area (Å²) in [5, 5.41) is 2.60. The van der Waals surface area contributed by atoms with Crippen molar-refractivity contribution in [2.75, 3.05) is 11.1 Å². The minimum absolute atomic E-state index is 0.204. The fourth-order valence-corrected chi connectivity index (χ4v) is 3.20. The molecule has 110 valence electrons. The molecule has 2 nitrogen and oxygen atoms in total. The molecule has 1 N–H and O–H groups in total. The molecule has 21 heavy (non-hydrogen) atoms. The summed E-state index contributed by atoms with van der Waals surface area (Å²) in [7, 11) is 0. The van der Waals surface area contributed by atoms with Gasteiger partial charge in [0.05, 0.1) is 11.4 Å². The number of amides is 1. The highest BCUT2D eigenvalue weighted by atomic mass is 32.2. The number of hydrogen-bond donors (Lipinski definition) is 1. The molecule has 0 bridgehead atoms. The van der Waals surface area contributed by atoms with Crippen molar-refractivity contribution < 1.29 is 9.18 Å². The second-order valence-corrected chi connectivity index (χ2v) is 6.03. The summed E-state index contributed by atoms with van der Waals surface area (Å²) in [5.74, 6) is -0.359. The van der Waals surface area contributed by atoms with E-state index in [0.717, 1.165) is 16.0 Å². The maximum atomic E-state index is 13.5. The van der Waals surface area contributed by atoms with E-state index in [1.165, 1.54) is 23.4 Å². The number of hydrogen-bond acceptors (Lipinski definition) is 2. The Balaban J connectivity index is 2.01. The highest BCUT2D eigenvalue weighted by Crippen LogP contribution is 2.27. The number of rotatable bonds is 4. The smallest absolute Gasteiger partial charge is 0.234 e. The van der Waals surface area contributed by atoms with Crippen LogP contribution in [0.3, 0.4) is 0 Å². The van der Waals surface area contributed by atoms with Crippen LogP contribution in [0.5, 0.6) is 0 Å². The second kappa shape index (κ2) is 6.76. The number of para-hydroxylation sites is 1. The predicted octanol–water partition coefficient (Wildman–Crippen LogP) is 4.48. The van der Waals surface area contributed by atoms with Crippen molar-refractivity contribution in [3.8, 4) is 0 Å². The highest BCUT2D eigenvalue weighted by molar-refractivity contribution is 8.00. The van der Waals surface area contributed by atoms with Gasteiger partial charge in [-0.15, -0.1) is 11.8 Å². The Morgan fingerprint density at radius 2 is 1.76 bits per heavy atom. The van der Waals surface area contributed by atoms with Gasteiger partial charge in [0.15, 0.2) is 0 Å². The Labute approximate surface area is 128 Å². The van der Waals surface area contributed by atoms with E-state index in [4.69, 9.17) is 0 Å². The summed E-state index contributed by atoms with van der Waals surface area (Å²) in [6.45, 7) is 6.13. The van der Waals surface area contributed by atoms with Gasteiger partial charge in [0.25, 0.3) is 0 Å². The van der Waals surface area contributed by atoms with Crippen LogP contribution in [0.25, 0.3) is 0 Å². The van der Waals surface area contributed by atoms with E-state index in [1.54, 1.807) is 18.2 Å². The van der Waals surface area contributed by atoms with Gasteiger partial charge in [0, 0.05) is 4.90 Å². The minimum Gasteiger partial charge on any atom is -0.323 e. The zero-order valence-electron chi connectivity index (χ0n) is 12.4. The van der Waals surface area contributed by atoms with E-state index < -0.39 is 5.82 Å². The number of carbonyl (C=O) groups excluding carboxylic acids is 1. The van der Waals surface area contributed by atoms with Crippen molar-refractivity contribution in [2.45, 2.75) is 25.7 Å². The quantitative estimate of drug-likeness (QED) is 0.844. The molecule has 0 radical (unpaired) electrons. The van der Waals surface area contributed by atoms with Gasteiger partial charge in [-0.25, -0.2) is 4.39 Å². The van der Waals surface area contributed by atoms with Crippen molar-refractivity contribution in [2.24, 2.45) is 0 Å². The number of carbonyl (C=O) groups is 1. The monoisotopic (exact) mass is 303 g/mol. The first-order chi connectivity index (χ1) is 9.97. The van der Waals surface area contributed by atoms with Crippen LogP contribution >= 0.6 is 11.8 Å². The molecular weight excluding hydrogens is 285 g/mol. The van der Waals surface area contributed by atoms with Crippen LogP contribution in [0.1, 0.15) is 16.7 Å². The van der Waals surface area contributed by atoms with Crippen LogP contribution in [-0.4, -0.2) is 11.7 Å². The van der Waals surface area contributed by atoms with Crippen LogP contribution in [0.2, 0.25) is 0 Å². The Morgan fingerprint density at radius 3 is 2.38 bits per heavy atom. The molecule has 0 heterocycles. The Bertz CT molecular complexity index is 647. The first-order valence-electron chi connectivity index (χ1n) is 6.72. The van der Waals surface area contributed by atoms with Crippen LogP contribution in [0, 0.1) is 26.6 Å². The molecule has 0 aromatic heterocycles. The number of benzene rings is 2. The number of anilines is 1. The summed E-state index contributed by atoms with van der Waals surface area (Å²) in [4.78, 5) is 13.0. The molecule has 0 fully saturated rings. The zero-order valence-corrected chi connectivity index (χ0v) is 13.2. The van der Waals surface area contributed by atoms with E-state index in [2.05, 4.69) is 24.4 Å². The Morgan fingerprint density at radius 1 is 1.14 bits per heavy atom. The topological polar surface area (TPSA) is 29.1 Å². The molecule has 0 aliphatic heterocycles. The molecule has 0 unspecified atom stereocenters. The molecular formula is C17H18FNOS. The van der Waals surface area contributed by atoms with E-state index in [0.29, 0.717) is 0 Å². The molecule has 0 spiro atoms. The summed E-state index contributed by atoms with van der Waals surface area (Å²) in [6, 6.07) is 10.4. The van der Waals surface area contributed by atoms with Gasteiger partial charge in [0.2, 0.25) is 5.91 Å². The predicted molar refractivity (Wildman–Crippen MR) is 86.4 cm³/mol. The first kappa shape index (κ1) is 15.6. The van der Waals surface area contributed by atoms with Crippen molar-refractivity contribution in [1.29, 1.82) is 0 Å². The average Bonchev–Trinajstić information content (AvgIpc) is 2.40. The van der Waals surface area contributed by atoms with Crippen LogP contribution < -0.4 is 5.32 Å². The molecule has 1 amide bonds. The molecule has 0 atom stereocenters. The third-order valence-corrected chi connectivity index (χ3v) is 4.44. The van der Waals surface area contributed by atoms with Crippen molar-refractivity contribution in [1.82, 2.24) is 0 Å². The lowest BCUT2D eigenvalue weighted by atomic mass is 10.1. The normalized spacial score (nSPS) is 10.5. The van der Waals surface area contributed by atoms with E-state index in [-0.39, 0.29) is 17.3 Å². The van der Waals surface area contributed by atoms with Gasteiger partial charge in [-0.1, -0.05) is 29.8 Å². The first-order valence-corrected chi connectivity index (χ1v) is 7.71. The fourth-order valence-electron chi connectivity index (χ4n) is 2.28. The van der Waals surface area contributed by atoms with Crippen molar-refractivity contribution >= 4 is 23.4 Å². The lowest BCUT2D eigenvalue weighted by Crippen LogP contribution is -2.15. The van der Waals surface area contributed by atoms with Crippen LogP contribution in [0.4, 0.5) is 10.1 Å². The number of nitrogens with one attached hydrogen (secondary N) is 1. The molecule has 0 aliphatic carbocycles. The van der Waals surface area contributed by atoms with Crippen LogP contribution in [-0.2, 0) is 4.79 Å².